The van der Waals surface area contributed by atoms with E-state index in [4.69, 9.17) is 4.98 Å². The van der Waals surface area contributed by atoms with Gasteiger partial charge in [-0.05, 0) is 49.6 Å². The quantitative estimate of drug-likeness (QED) is 0.746. The van der Waals surface area contributed by atoms with E-state index in [0.717, 1.165) is 34.3 Å². The normalized spacial score (nSPS) is 20.4. The molecule has 0 saturated carbocycles. The number of aliphatic hydroxyl groups excluding tert-OH is 1. The molecular weight excluding hydrogens is 336 g/mol. The molecule has 0 radical (unpaired) electrons. The molecule has 140 valence electrons. The van der Waals surface area contributed by atoms with Crippen LogP contribution in [0, 0.1) is 13.8 Å². The second kappa shape index (κ2) is 7.04. The Bertz CT molecular complexity index is 985. The third kappa shape index (κ3) is 3.74. The van der Waals surface area contributed by atoms with Gasteiger partial charge in [-0.1, -0.05) is 35.9 Å². The minimum atomic E-state index is -0.981. The lowest BCUT2D eigenvalue weighted by Gasteiger charge is -2.22. The Labute approximate surface area is 160 Å². The number of rotatable bonds is 4. The van der Waals surface area contributed by atoms with Crippen molar-refractivity contribution < 1.29 is 10.2 Å². The summed E-state index contributed by atoms with van der Waals surface area (Å²) in [5.74, 6) is 0. The molecule has 0 aliphatic carbocycles. The van der Waals surface area contributed by atoms with Gasteiger partial charge in [0.2, 0.25) is 0 Å². The summed E-state index contributed by atoms with van der Waals surface area (Å²) in [6.45, 7) is 5.96. The summed E-state index contributed by atoms with van der Waals surface area (Å²) in [6, 6.07) is 17.0. The van der Waals surface area contributed by atoms with Gasteiger partial charge in [0.05, 0.1) is 17.8 Å². The molecule has 0 unspecified atom stereocenters. The topological polar surface area (TPSA) is 56.6 Å². The van der Waals surface area contributed by atoms with Gasteiger partial charge in [0.1, 0.15) is 5.60 Å². The Morgan fingerprint density at radius 2 is 1.89 bits per heavy atom. The SMILES string of the molecule is Cc1cccc(-c2nc3cc(C)ccc3cc2CN2CC[C@](O)(CO)C2)c1. The minimum Gasteiger partial charge on any atom is -0.393 e. The maximum absolute atomic E-state index is 10.4. The van der Waals surface area contributed by atoms with Crippen molar-refractivity contribution in [1.29, 1.82) is 0 Å². The van der Waals surface area contributed by atoms with E-state index in [1.807, 2.05) is 0 Å². The van der Waals surface area contributed by atoms with E-state index in [2.05, 4.69) is 67.3 Å². The fraction of sp³-hybridized carbons (Fsp3) is 0.348. The van der Waals surface area contributed by atoms with Crippen LogP contribution in [0.25, 0.3) is 22.2 Å². The van der Waals surface area contributed by atoms with Crippen molar-refractivity contribution in [2.24, 2.45) is 0 Å². The second-order valence-electron chi connectivity index (χ2n) is 7.90. The predicted molar refractivity (Wildman–Crippen MR) is 109 cm³/mol. The smallest absolute Gasteiger partial charge is 0.102 e. The van der Waals surface area contributed by atoms with Crippen LogP contribution in [0.2, 0.25) is 0 Å². The minimum absolute atomic E-state index is 0.191. The second-order valence-corrected chi connectivity index (χ2v) is 7.90. The van der Waals surface area contributed by atoms with E-state index < -0.39 is 5.60 Å². The molecular formula is C23H26N2O2. The van der Waals surface area contributed by atoms with Crippen LogP contribution in [-0.4, -0.2) is 45.4 Å². The van der Waals surface area contributed by atoms with Gasteiger partial charge in [0.25, 0.3) is 0 Å². The fourth-order valence-corrected chi connectivity index (χ4v) is 3.93. The van der Waals surface area contributed by atoms with E-state index in [1.54, 1.807) is 0 Å². The highest BCUT2D eigenvalue weighted by molar-refractivity contribution is 5.84. The number of β-amino-alcohol motifs (C(OH)–C–C–N with tert-alkyl or cyclic N) is 1. The molecule has 3 aromatic rings. The van der Waals surface area contributed by atoms with E-state index in [9.17, 15) is 10.2 Å². The van der Waals surface area contributed by atoms with E-state index >= 15 is 0 Å². The lowest BCUT2D eigenvalue weighted by molar-refractivity contribution is -0.00579. The van der Waals surface area contributed by atoms with Crippen LogP contribution in [0.15, 0.2) is 48.5 Å². The van der Waals surface area contributed by atoms with Crippen molar-refractivity contribution in [3.8, 4) is 11.3 Å². The number of aryl methyl sites for hydroxylation is 2. The van der Waals surface area contributed by atoms with Gasteiger partial charge in [-0.25, -0.2) is 4.98 Å². The number of aromatic nitrogens is 1. The molecule has 0 amide bonds. The van der Waals surface area contributed by atoms with Gasteiger partial charge >= 0.3 is 0 Å². The van der Waals surface area contributed by atoms with Gasteiger partial charge in [0, 0.05) is 30.6 Å². The molecule has 2 aromatic carbocycles. The number of nitrogens with zero attached hydrogens (tertiary/aromatic N) is 2. The van der Waals surface area contributed by atoms with Crippen LogP contribution in [-0.2, 0) is 6.54 Å². The molecule has 1 fully saturated rings. The van der Waals surface area contributed by atoms with Gasteiger partial charge in [0.15, 0.2) is 0 Å². The molecule has 2 N–H and O–H groups in total. The average Bonchev–Trinajstić information content (AvgIpc) is 3.03. The summed E-state index contributed by atoms with van der Waals surface area (Å²) < 4.78 is 0. The summed E-state index contributed by atoms with van der Waals surface area (Å²) in [7, 11) is 0. The summed E-state index contributed by atoms with van der Waals surface area (Å²) in [6.07, 6.45) is 0.601. The summed E-state index contributed by atoms with van der Waals surface area (Å²) in [5.41, 5.74) is 5.69. The number of aliphatic hydroxyl groups is 2. The lowest BCUT2D eigenvalue weighted by atomic mass is 10.0. The fourth-order valence-electron chi connectivity index (χ4n) is 3.93. The van der Waals surface area contributed by atoms with Crippen molar-refractivity contribution in [2.45, 2.75) is 32.4 Å². The van der Waals surface area contributed by atoms with Crippen LogP contribution in [0.3, 0.4) is 0 Å². The number of fused-ring (bicyclic) bond motifs is 1. The molecule has 2 heterocycles. The molecule has 4 heteroatoms. The zero-order valence-electron chi connectivity index (χ0n) is 15.9. The molecule has 1 aliphatic rings. The first-order chi connectivity index (χ1) is 13.0. The van der Waals surface area contributed by atoms with Gasteiger partial charge in [-0.2, -0.15) is 0 Å². The van der Waals surface area contributed by atoms with Crippen LogP contribution in [0.1, 0.15) is 23.1 Å². The molecule has 1 aliphatic heterocycles. The summed E-state index contributed by atoms with van der Waals surface area (Å²) >= 11 is 0. The average molecular weight is 362 g/mol. The number of likely N-dealkylation sites (tertiary alicyclic amines) is 1. The van der Waals surface area contributed by atoms with Crippen molar-refractivity contribution in [2.75, 3.05) is 19.7 Å². The Hall–Kier alpha value is -2.27. The summed E-state index contributed by atoms with van der Waals surface area (Å²) in [4.78, 5) is 7.21. The molecule has 27 heavy (non-hydrogen) atoms. The molecule has 0 bridgehead atoms. The molecule has 1 aromatic heterocycles. The van der Waals surface area contributed by atoms with Crippen molar-refractivity contribution in [1.82, 2.24) is 9.88 Å². The zero-order valence-corrected chi connectivity index (χ0v) is 15.9. The van der Waals surface area contributed by atoms with Crippen molar-refractivity contribution in [3.05, 3.63) is 65.2 Å². The van der Waals surface area contributed by atoms with Gasteiger partial charge in [-0.15, -0.1) is 0 Å². The first kappa shape index (κ1) is 18.1. The zero-order chi connectivity index (χ0) is 19.0. The maximum Gasteiger partial charge on any atom is 0.102 e. The Balaban J connectivity index is 1.78. The molecule has 1 saturated heterocycles. The maximum atomic E-state index is 10.4. The Kier molecular flexibility index (Phi) is 4.72. The number of hydrogen-bond donors (Lipinski definition) is 2. The predicted octanol–water partition coefficient (Wildman–Crippen LogP) is 3.45. The van der Waals surface area contributed by atoms with Crippen molar-refractivity contribution >= 4 is 10.9 Å². The lowest BCUT2D eigenvalue weighted by Crippen LogP contribution is -2.36. The number of pyridine rings is 1. The third-order valence-electron chi connectivity index (χ3n) is 5.44. The number of benzene rings is 2. The Morgan fingerprint density at radius 3 is 2.63 bits per heavy atom. The van der Waals surface area contributed by atoms with Gasteiger partial charge in [-0.3, -0.25) is 4.90 Å². The third-order valence-corrected chi connectivity index (χ3v) is 5.44. The first-order valence-corrected chi connectivity index (χ1v) is 9.49. The highest BCUT2D eigenvalue weighted by Gasteiger charge is 2.35. The van der Waals surface area contributed by atoms with Crippen LogP contribution in [0.5, 0.6) is 0 Å². The van der Waals surface area contributed by atoms with Crippen LogP contribution >= 0.6 is 0 Å². The Morgan fingerprint density at radius 1 is 1.07 bits per heavy atom. The van der Waals surface area contributed by atoms with Gasteiger partial charge < -0.3 is 10.2 Å². The monoisotopic (exact) mass is 362 g/mol. The number of hydrogen-bond acceptors (Lipinski definition) is 4. The molecule has 4 rings (SSSR count). The highest BCUT2D eigenvalue weighted by Crippen LogP contribution is 2.30. The van der Waals surface area contributed by atoms with Crippen molar-refractivity contribution in [3.63, 3.8) is 0 Å². The van der Waals surface area contributed by atoms with E-state index in [0.29, 0.717) is 19.5 Å². The van der Waals surface area contributed by atoms with Crippen LogP contribution in [0.4, 0.5) is 0 Å². The molecule has 1 atom stereocenters. The molecule has 4 nitrogen and oxygen atoms in total. The molecule has 0 spiro atoms. The summed E-state index contributed by atoms with van der Waals surface area (Å²) in [5, 5.41) is 20.9. The van der Waals surface area contributed by atoms with E-state index in [1.165, 1.54) is 11.1 Å². The first-order valence-electron chi connectivity index (χ1n) is 9.49. The van der Waals surface area contributed by atoms with E-state index in [-0.39, 0.29) is 6.61 Å². The standard InChI is InChI=1S/C23H26N2O2/c1-16-4-3-5-19(10-16)22-20(13-25-9-8-23(27,14-25)15-26)12-18-7-6-17(2)11-21(18)24-22/h3-7,10-12,26-27H,8-9,13-15H2,1-2H3/t23-/m1/s1. The van der Waals surface area contributed by atoms with Crippen LogP contribution < -0.4 is 0 Å². The largest absolute Gasteiger partial charge is 0.393 e. The highest BCUT2D eigenvalue weighted by atomic mass is 16.3.